The minimum atomic E-state index is 1.05. The fourth-order valence-electron chi connectivity index (χ4n) is 3.42. The van der Waals surface area contributed by atoms with E-state index in [2.05, 4.69) is 13.8 Å². The van der Waals surface area contributed by atoms with Crippen LogP contribution in [-0.2, 0) is 0 Å². The van der Waals surface area contributed by atoms with Crippen molar-refractivity contribution in [2.45, 2.75) is 97.3 Å². The van der Waals surface area contributed by atoms with Gasteiger partial charge in [-0.1, -0.05) is 90.9 Å². The first-order valence-corrected chi connectivity index (χ1v) is 8.36. The van der Waals surface area contributed by atoms with Gasteiger partial charge in [0.25, 0.3) is 0 Å². The van der Waals surface area contributed by atoms with Crippen LogP contribution in [0, 0.1) is 11.8 Å². The zero-order valence-corrected chi connectivity index (χ0v) is 12.3. The summed E-state index contributed by atoms with van der Waals surface area (Å²) in [6.45, 7) is 4.70. The Morgan fingerprint density at radius 1 is 0.882 bits per heavy atom. The Balaban J connectivity index is 1.97. The van der Waals surface area contributed by atoms with Gasteiger partial charge >= 0.3 is 0 Å². The van der Waals surface area contributed by atoms with Crippen LogP contribution >= 0.6 is 0 Å². The maximum Gasteiger partial charge on any atom is -0.0412 e. The summed E-state index contributed by atoms with van der Waals surface area (Å²) in [5.41, 5.74) is 0. The molecule has 0 aliphatic heterocycles. The molecular formula is C17H34. The first-order valence-electron chi connectivity index (χ1n) is 8.36. The smallest absolute Gasteiger partial charge is 0.0412 e. The van der Waals surface area contributed by atoms with Crippen LogP contribution < -0.4 is 0 Å². The zero-order chi connectivity index (χ0) is 12.3. The molecule has 1 rings (SSSR count). The Morgan fingerprint density at radius 3 is 2.18 bits per heavy atom. The third-order valence-corrected chi connectivity index (χ3v) is 4.68. The molecule has 0 radical (unpaired) electrons. The summed E-state index contributed by atoms with van der Waals surface area (Å²) < 4.78 is 0. The van der Waals surface area contributed by atoms with E-state index >= 15 is 0 Å². The van der Waals surface area contributed by atoms with Gasteiger partial charge in [0.1, 0.15) is 0 Å². The molecule has 0 aromatic heterocycles. The quantitative estimate of drug-likeness (QED) is 0.389. The maximum absolute atomic E-state index is 2.40. The molecule has 0 aromatic carbocycles. The Labute approximate surface area is 110 Å². The van der Waals surface area contributed by atoms with Crippen molar-refractivity contribution in [3.8, 4) is 0 Å². The van der Waals surface area contributed by atoms with Gasteiger partial charge in [-0.05, 0) is 18.3 Å². The highest BCUT2D eigenvalue weighted by Gasteiger charge is 2.18. The summed E-state index contributed by atoms with van der Waals surface area (Å²) in [4.78, 5) is 0. The molecule has 0 aromatic rings. The molecule has 0 amide bonds. The van der Waals surface area contributed by atoms with Crippen molar-refractivity contribution in [3.05, 3.63) is 0 Å². The molecule has 0 heterocycles. The zero-order valence-electron chi connectivity index (χ0n) is 12.3. The van der Waals surface area contributed by atoms with Crippen molar-refractivity contribution in [1.29, 1.82) is 0 Å². The molecule has 0 N–H and O–H groups in total. The van der Waals surface area contributed by atoms with Crippen LogP contribution in [0.15, 0.2) is 0 Å². The molecule has 1 aliphatic rings. The lowest BCUT2D eigenvalue weighted by Gasteiger charge is -2.18. The Bertz CT molecular complexity index is 155. The minimum absolute atomic E-state index is 1.05. The molecule has 102 valence electrons. The van der Waals surface area contributed by atoms with Gasteiger partial charge in [-0.25, -0.2) is 0 Å². The average molecular weight is 238 g/mol. The average Bonchev–Trinajstić information content (AvgIpc) is 2.85. The van der Waals surface area contributed by atoms with Crippen LogP contribution in [0.25, 0.3) is 0 Å². The van der Waals surface area contributed by atoms with E-state index in [-0.39, 0.29) is 0 Å². The maximum atomic E-state index is 2.40. The largest absolute Gasteiger partial charge is 0.0654 e. The highest BCUT2D eigenvalue weighted by atomic mass is 14.2. The lowest BCUT2D eigenvalue weighted by atomic mass is 9.87. The SMILES string of the molecule is CCCCCCCCC(CC)CC1CCCC1. The van der Waals surface area contributed by atoms with Gasteiger partial charge in [-0.2, -0.15) is 0 Å². The molecule has 0 saturated heterocycles. The Morgan fingerprint density at radius 2 is 1.53 bits per heavy atom. The summed E-state index contributed by atoms with van der Waals surface area (Å²) in [5.74, 6) is 2.14. The topological polar surface area (TPSA) is 0 Å². The molecule has 1 fully saturated rings. The van der Waals surface area contributed by atoms with Crippen LogP contribution in [0.3, 0.4) is 0 Å². The monoisotopic (exact) mass is 238 g/mol. The van der Waals surface area contributed by atoms with Gasteiger partial charge < -0.3 is 0 Å². The summed E-state index contributed by atoms with van der Waals surface area (Å²) in [6.07, 6.45) is 19.3. The second-order valence-electron chi connectivity index (χ2n) is 6.22. The van der Waals surface area contributed by atoms with Gasteiger partial charge in [0.15, 0.2) is 0 Å². The molecular weight excluding hydrogens is 204 g/mol. The molecule has 1 unspecified atom stereocenters. The van der Waals surface area contributed by atoms with Crippen molar-refractivity contribution in [2.75, 3.05) is 0 Å². The number of rotatable bonds is 10. The lowest BCUT2D eigenvalue weighted by Crippen LogP contribution is -2.05. The van der Waals surface area contributed by atoms with Crippen LogP contribution in [0.1, 0.15) is 97.3 Å². The Kier molecular flexibility index (Phi) is 8.83. The minimum Gasteiger partial charge on any atom is -0.0654 e. The Hall–Kier alpha value is 0. The van der Waals surface area contributed by atoms with Gasteiger partial charge in [0.05, 0.1) is 0 Å². The molecule has 1 atom stereocenters. The fraction of sp³-hybridized carbons (Fsp3) is 1.00. The second-order valence-corrected chi connectivity index (χ2v) is 6.22. The van der Waals surface area contributed by atoms with E-state index in [4.69, 9.17) is 0 Å². The van der Waals surface area contributed by atoms with Crippen LogP contribution in [0.2, 0.25) is 0 Å². The first-order chi connectivity index (χ1) is 8.36. The number of unbranched alkanes of at least 4 members (excludes halogenated alkanes) is 5. The van der Waals surface area contributed by atoms with E-state index in [0.29, 0.717) is 0 Å². The highest BCUT2D eigenvalue weighted by Crippen LogP contribution is 2.33. The normalized spacial score (nSPS) is 18.7. The van der Waals surface area contributed by atoms with Crippen LogP contribution in [-0.4, -0.2) is 0 Å². The molecule has 0 heteroatoms. The summed E-state index contributed by atoms with van der Waals surface area (Å²) >= 11 is 0. The van der Waals surface area contributed by atoms with Crippen molar-refractivity contribution in [2.24, 2.45) is 11.8 Å². The lowest BCUT2D eigenvalue weighted by molar-refractivity contribution is 0.337. The first kappa shape index (κ1) is 15.1. The van der Waals surface area contributed by atoms with Crippen LogP contribution in [0.4, 0.5) is 0 Å². The molecule has 1 aliphatic carbocycles. The van der Waals surface area contributed by atoms with Crippen molar-refractivity contribution >= 4 is 0 Å². The van der Waals surface area contributed by atoms with Crippen LogP contribution in [0.5, 0.6) is 0 Å². The van der Waals surface area contributed by atoms with Crippen molar-refractivity contribution < 1.29 is 0 Å². The highest BCUT2D eigenvalue weighted by molar-refractivity contribution is 4.71. The molecule has 17 heavy (non-hydrogen) atoms. The molecule has 0 nitrogen and oxygen atoms in total. The summed E-state index contributed by atoms with van der Waals surface area (Å²) in [5, 5.41) is 0. The van der Waals surface area contributed by atoms with Crippen molar-refractivity contribution in [1.82, 2.24) is 0 Å². The molecule has 0 bridgehead atoms. The van der Waals surface area contributed by atoms with E-state index in [1.54, 1.807) is 6.42 Å². The van der Waals surface area contributed by atoms with E-state index in [0.717, 1.165) is 11.8 Å². The fourth-order valence-corrected chi connectivity index (χ4v) is 3.42. The summed E-state index contributed by atoms with van der Waals surface area (Å²) in [7, 11) is 0. The summed E-state index contributed by atoms with van der Waals surface area (Å²) in [6, 6.07) is 0. The van der Waals surface area contributed by atoms with Gasteiger partial charge in [0, 0.05) is 0 Å². The van der Waals surface area contributed by atoms with Gasteiger partial charge in [0.2, 0.25) is 0 Å². The van der Waals surface area contributed by atoms with E-state index < -0.39 is 0 Å². The number of hydrogen-bond acceptors (Lipinski definition) is 0. The predicted molar refractivity (Wildman–Crippen MR) is 78.3 cm³/mol. The predicted octanol–water partition coefficient (Wildman–Crippen LogP) is 6.34. The van der Waals surface area contributed by atoms with E-state index in [1.165, 1.54) is 77.0 Å². The van der Waals surface area contributed by atoms with Gasteiger partial charge in [-0.15, -0.1) is 0 Å². The molecule has 1 saturated carbocycles. The standard InChI is InChI=1S/C17H34/c1-3-5-6-7-8-9-12-16(4-2)15-17-13-10-11-14-17/h16-17H,3-15H2,1-2H3. The van der Waals surface area contributed by atoms with E-state index in [1.807, 2.05) is 0 Å². The second kappa shape index (κ2) is 9.97. The van der Waals surface area contributed by atoms with Crippen molar-refractivity contribution in [3.63, 3.8) is 0 Å². The van der Waals surface area contributed by atoms with Gasteiger partial charge in [-0.3, -0.25) is 0 Å². The molecule has 0 spiro atoms. The number of hydrogen-bond donors (Lipinski definition) is 0. The third-order valence-electron chi connectivity index (χ3n) is 4.68. The van der Waals surface area contributed by atoms with E-state index in [9.17, 15) is 0 Å². The third kappa shape index (κ3) is 7.11.